The molecule has 14 heavy (non-hydrogen) atoms. The zero-order valence-corrected chi connectivity index (χ0v) is 11.1. The molecule has 0 fully saturated rings. The van der Waals surface area contributed by atoms with E-state index in [1.54, 1.807) is 9.47 Å². The molecule has 2 N–H and O–H groups in total. The zero-order valence-electron chi connectivity index (χ0n) is 8.94. The first-order chi connectivity index (χ1) is 5.97. The van der Waals surface area contributed by atoms with Crippen LogP contribution in [0.15, 0.2) is 0 Å². The van der Waals surface area contributed by atoms with Gasteiger partial charge in [0.25, 0.3) is 0 Å². The van der Waals surface area contributed by atoms with Crippen LogP contribution in [0.5, 0.6) is 0 Å². The van der Waals surface area contributed by atoms with Crippen molar-refractivity contribution in [3.63, 3.8) is 0 Å². The Morgan fingerprint density at radius 2 is 2.07 bits per heavy atom. The second kappa shape index (κ2) is 8.17. The Morgan fingerprint density at radius 1 is 1.57 bits per heavy atom. The molecule has 0 aliphatic heterocycles. The summed E-state index contributed by atoms with van der Waals surface area (Å²) in [6.45, 7) is 1.19. The third kappa shape index (κ3) is 7.26. The maximum atomic E-state index is 10.9. The van der Waals surface area contributed by atoms with Crippen molar-refractivity contribution in [1.29, 1.82) is 0 Å². The van der Waals surface area contributed by atoms with Crippen LogP contribution in [0.4, 0.5) is 0 Å². The zero-order chi connectivity index (χ0) is 10.4. The van der Waals surface area contributed by atoms with Crippen LogP contribution in [0.3, 0.4) is 0 Å². The number of nitrogens with one attached hydrogen (secondary N) is 1. The Morgan fingerprint density at radius 3 is 2.36 bits per heavy atom. The van der Waals surface area contributed by atoms with Crippen LogP contribution in [0.25, 0.3) is 0 Å². The van der Waals surface area contributed by atoms with Crippen LogP contribution >= 0.6 is 9.47 Å². The largest absolute Gasteiger partial charge is 1.00 e. The van der Waals surface area contributed by atoms with Crippen molar-refractivity contribution < 1.29 is 55.0 Å². The van der Waals surface area contributed by atoms with Gasteiger partial charge in [-0.25, -0.2) is 4.79 Å². The number of carboxylic acids is 1. The molecule has 0 aromatic carbocycles. The molecule has 0 aromatic rings. The third-order valence-corrected chi connectivity index (χ3v) is 1.39. The second-order valence-electron chi connectivity index (χ2n) is 2.29. The summed E-state index contributed by atoms with van der Waals surface area (Å²) in [6, 6.07) is -1.13. The van der Waals surface area contributed by atoms with Crippen molar-refractivity contribution >= 4 is 27.3 Å². The van der Waals surface area contributed by atoms with E-state index in [0.29, 0.717) is 0 Å². The van der Waals surface area contributed by atoms with E-state index < -0.39 is 30.3 Å². The minimum atomic E-state index is -1.19. The van der Waals surface area contributed by atoms with Gasteiger partial charge in [-0.1, -0.05) is 0 Å². The minimum Gasteiger partial charge on any atom is -1.00 e. The number of aliphatic carboxylic acids is 1. The van der Waals surface area contributed by atoms with E-state index in [0.717, 1.165) is 0 Å². The fraction of sp³-hybridized carbons (Fsp3) is 0.500. The summed E-state index contributed by atoms with van der Waals surface area (Å²) in [5.41, 5.74) is 0. The van der Waals surface area contributed by atoms with E-state index in [1.807, 2.05) is 0 Å². The molecule has 8 heteroatoms. The van der Waals surface area contributed by atoms with E-state index in [-0.39, 0.29) is 31.0 Å². The molecule has 0 rings (SSSR count). The Bertz CT molecular complexity index is 224. The summed E-state index contributed by atoms with van der Waals surface area (Å²) in [7, 11) is 1.69. The number of amides is 1. The van der Waals surface area contributed by atoms with Crippen LogP contribution < -0.4 is 34.9 Å². The summed E-state index contributed by atoms with van der Waals surface area (Å²) >= 11 is 0. The summed E-state index contributed by atoms with van der Waals surface area (Å²) in [4.78, 5) is 31.6. The van der Waals surface area contributed by atoms with Crippen LogP contribution in [-0.4, -0.2) is 29.0 Å². The average Bonchev–Trinajstić information content (AvgIpc) is 2.00. The number of carbonyl (C=O) groups excluding carboxylic acids is 2. The smallest absolute Gasteiger partial charge is 1.00 e. The van der Waals surface area contributed by atoms with E-state index in [9.17, 15) is 14.4 Å². The molecule has 6 nitrogen and oxygen atoms in total. The van der Waals surface area contributed by atoms with Crippen LogP contribution in [0.2, 0.25) is 0 Å². The van der Waals surface area contributed by atoms with Gasteiger partial charge in [-0.15, -0.1) is 0 Å². The molecule has 1 amide bonds. The van der Waals surface area contributed by atoms with Gasteiger partial charge in [-0.3, -0.25) is 9.59 Å². The first kappa shape index (κ1) is 16.3. The maximum Gasteiger partial charge on any atom is 1.00 e. The van der Waals surface area contributed by atoms with Gasteiger partial charge in [-0.05, 0) is 0 Å². The first-order valence-corrected chi connectivity index (χ1v) is 3.84. The van der Waals surface area contributed by atoms with Crippen molar-refractivity contribution in [2.45, 2.75) is 19.4 Å². The third-order valence-electron chi connectivity index (χ3n) is 1.16. The van der Waals surface area contributed by atoms with Gasteiger partial charge in [0.1, 0.15) is 6.04 Å². The normalized spacial score (nSPS) is 10.7. The van der Waals surface area contributed by atoms with Crippen LogP contribution in [-0.2, 0) is 18.9 Å². The molecular weight excluding hydrogens is 220 g/mol. The molecule has 0 saturated heterocycles. The quantitative estimate of drug-likeness (QED) is 0.385. The van der Waals surface area contributed by atoms with E-state index >= 15 is 0 Å². The summed E-state index contributed by atoms with van der Waals surface area (Å²) in [5.74, 6) is -2.47. The number of carbonyl (C=O) groups is 3. The van der Waals surface area contributed by atoms with Gasteiger partial charge in [0.05, 0.1) is 15.9 Å². The van der Waals surface area contributed by atoms with Gasteiger partial charge < -0.3 is 16.4 Å². The predicted octanol–water partition coefficient (Wildman–Crippen LogP) is -3.58. The molecule has 0 heterocycles. The SMILES string of the molecule is CC(=O)N[C@@H](CC(=O)O)C(=O)OP.[H-].[Na+]. The van der Waals surface area contributed by atoms with Crippen molar-refractivity contribution in [1.82, 2.24) is 5.32 Å². The Labute approximate surface area is 107 Å². The monoisotopic (exact) mass is 231 g/mol. The van der Waals surface area contributed by atoms with Crippen molar-refractivity contribution in [3.05, 3.63) is 0 Å². The van der Waals surface area contributed by atoms with Crippen molar-refractivity contribution in [3.8, 4) is 0 Å². The van der Waals surface area contributed by atoms with Gasteiger partial charge in [-0.2, -0.15) is 0 Å². The molecule has 0 aromatic heterocycles. The predicted molar refractivity (Wildman–Crippen MR) is 46.8 cm³/mol. The maximum absolute atomic E-state index is 10.9. The Balaban J connectivity index is -0.000000720. The topological polar surface area (TPSA) is 92.7 Å². The minimum absolute atomic E-state index is 0. The molecule has 1 unspecified atom stereocenters. The molecule has 2 atom stereocenters. The molecular formula is C6H11NNaO5P. The standard InChI is InChI=1S/C6H10NO5P.Na.H/c1-3(8)7-4(2-5(9)10)6(11)12-13;;/h4H,2,13H2,1H3,(H,7,8)(H,9,10);;/q;+1;-1/t4-;;/m0../s1. The molecule has 0 radical (unpaired) electrons. The van der Waals surface area contributed by atoms with Crippen LogP contribution in [0.1, 0.15) is 14.8 Å². The number of rotatable bonds is 4. The van der Waals surface area contributed by atoms with Crippen molar-refractivity contribution in [2.75, 3.05) is 0 Å². The fourth-order valence-corrected chi connectivity index (χ4v) is 0.860. The first-order valence-electron chi connectivity index (χ1n) is 3.36. The van der Waals surface area contributed by atoms with Gasteiger partial charge in [0, 0.05) is 6.92 Å². The van der Waals surface area contributed by atoms with E-state index in [2.05, 4.69) is 9.84 Å². The van der Waals surface area contributed by atoms with Gasteiger partial charge in [0.2, 0.25) is 5.91 Å². The van der Waals surface area contributed by atoms with E-state index in [4.69, 9.17) is 5.11 Å². The second-order valence-corrected chi connectivity index (χ2v) is 2.52. The Kier molecular flexibility index (Phi) is 9.50. The number of hydrogen-bond donors (Lipinski definition) is 2. The average molecular weight is 231 g/mol. The van der Waals surface area contributed by atoms with Crippen molar-refractivity contribution in [2.24, 2.45) is 0 Å². The molecule has 0 bridgehead atoms. The number of hydrogen-bond acceptors (Lipinski definition) is 4. The summed E-state index contributed by atoms with van der Waals surface area (Å²) < 4.78 is 4.21. The van der Waals surface area contributed by atoms with Gasteiger partial charge >= 0.3 is 41.5 Å². The number of carboxylic acid groups (broad SMARTS) is 1. The van der Waals surface area contributed by atoms with Crippen LogP contribution in [0, 0.1) is 0 Å². The summed E-state index contributed by atoms with van der Waals surface area (Å²) in [6.07, 6.45) is -0.493. The molecule has 0 aliphatic rings. The molecule has 76 valence electrons. The molecule has 0 saturated carbocycles. The van der Waals surface area contributed by atoms with Gasteiger partial charge in [0.15, 0.2) is 0 Å². The molecule has 0 spiro atoms. The summed E-state index contributed by atoms with van der Waals surface area (Å²) in [5, 5.41) is 10.5. The Hall–Kier alpha value is -0.160. The fourth-order valence-electron chi connectivity index (χ4n) is 0.695. The van der Waals surface area contributed by atoms with E-state index in [1.165, 1.54) is 6.92 Å². The molecule has 0 aliphatic carbocycles.